The summed E-state index contributed by atoms with van der Waals surface area (Å²) in [4.78, 5) is 12.4. The monoisotopic (exact) mass is 251 g/mol. The van der Waals surface area contributed by atoms with Gasteiger partial charge < -0.3 is 10.1 Å². The van der Waals surface area contributed by atoms with Crippen LogP contribution in [-0.4, -0.2) is 25.4 Å². The van der Waals surface area contributed by atoms with Gasteiger partial charge in [-0.2, -0.15) is 0 Å². The molecule has 0 radical (unpaired) electrons. The lowest BCUT2D eigenvalue weighted by molar-refractivity contribution is -0.139. The molecule has 17 heavy (non-hydrogen) atoms. The van der Waals surface area contributed by atoms with Crippen LogP contribution in [0.25, 0.3) is 0 Å². The molecule has 0 amide bonds. The molecule has 92 valence electrons. The van der Waals surface area contributed by atoms with Crippen LogP contribution in [0.4, 0.5) is 0 Å². The Balaban J connectivity index is 1.91. The molecule has 2 rings (SSSR count). The molecular weight excluding hydrogens is 234 g/mol. The SMILES string of the molecule is COC(=O)CNCc1ccc2c(c1)CCCS2. The molecular formula is C13H17NO2S. The minimum absolute atomic E-state index is 0.224. The van der Waals surface area contributed by atoms with Gasteiger partial charge in [-0.05, 0) is 35.8 Å². The first kappa shape index (κ1) is 12.5. The zero-order chi connectivity index (χ0) is 12.1. The Kier molecular flexibility index (Phi) is 4.45. The van der Waals surface area contributed by atoms with E-state index in [1.807, 2.05) is 11.8 Å². The zero-order valence-electron chi connectivity index (χ0n) is 9.99. The maximum Gasteiger partial charge on any atom is 0.319 e. The van der Waals surface area contributed by atoms with Crippen molar-refractivity contribution in [2.24, 2.45) is 0 Å². The van der Waals surface area contributed by atoms with Gasteiger partial charge in [0.25, 0.3) is 0 Å². The molecule has 1 N–H and O–H groups in total. The van der Waals surface area contributed by atoms with Crippen LogP contribution in [-0.2, 0) is 22.5 Å². The Morgan fingerprint density at radius 1 is 1.53 bits per heavy atom. The highest BCUT2D eigenvalue weighted by Crippen LogP contribution is 2.30. The first-order chi connectivity index (χ1) is 8.29. The Bertz CT molecular complexity index is 406. The van der Waals surface area contributed by atoms with Crippen molar-refractivity contribution in [3.05, 3.63) is 29.3 Å². The van der Waals surface area contributed by atoms with Gasteiger partial charge in [-0.15, -0.1) is 11.8 Å². The molecule has 1 heterocycles. The van der Waals surface area contributed by atoms with E-state index in [9.17, 15) is 4.79 Å². The normalized spacial score (nSPS) is 14.2. The van der Waals surface area contributed by atoms with E-state index < -0.39 is 0 Å². The van der Waals surface area contributed by atoms with Crippen LogP contribution >= 0.6 is 11.8 Å². The number of hydrogen-bond donors (Lipinski definition) is 1. The lowest BCUT2D eigenvalue weighted by Crippen LogP contribution is -2.23. The average molecular weight is 251 g/mol. The van der Waals surface area contributed by atoms with Gasteiger partial charge >= 0.3 is 5.97 Å². The largest absolute Gasteiger partial charge is 0.468 e. The van der Waals surface area contributed by atoms with Crippen LogP contribution in [0.15, 0.2) is 23.1 Å². The summed E-state index contributed by atoms with van der Waals surface area (Å²) >= 11 is 1.94. The molecule has 0 saturated heterocycles. The molecule has 0 bridgehead atoms. The highest BCUT2D eigenvalue weighted by molar-refractivity contribution is 7.99. The molecule has 4 heteroatoms. The topological polar surface area (TPSA) is 38.3 Å². The number of benzene rings is 1. The lowest BCUT2D eigenvalue weighted by atomic mass is 10.1. The maximum absolute atomic E-state index is 10.9. The predicted octanol–water partition coefficient (Wildman–Crippen LogP) is 1.99. The van der Waals surface area contributed by atoms with Crippen molar-refractivity contribution in [2.45, 2.75) is 24.3 Å². The fraction of sp³-hybridized carbons (Fsp3) is 0.462. The molecule has 0 unspecified atom stereocenters. The molecule has 0 aliphatic carbocycles. The van der Waals surface area contributed by atoms with E-state index in [2.05, 4.69) is 28.3 Å². The van der Waals surface area contributed by atoms with Crippen molar-refractivity contribution in [1.29, 1.82) is 0 Å². The van der Waals surface area contributed by atoms with Gasteiger partial charge in [-0.3, -0.25) is 4.79 Å². The molecule has 0 spiro atoms. The summed E-state index contributed by atoms with van der Waals surface area (Å²) in [5, 5.41) is 3.08. The second-order valence-electron chi connectivity index (χ2n) is 4.07. The Hall–Kier alpha value is -1.00. The van der Waals surface area contributed by atoms with Crippen LogP contribution in [0.3, 0.4) is 0 Å². The van der Waals surface area contributed by atoms with Gasteiger partial charge in [-0.1, -0.05) is 12.1 Å². The average Bonchev–Trinajstić information content (AvgIpc) is 2.38. The highest BCUT2D eigenvalue weighted by Gasteiger charge is 2.09. The molecule has 3 nitrogen and oxygen atoms in total. The summed E-state index contributed by atoms with van der Waals surface area (Å²) < 4.78 is 4.57. The summed E-state index contributed by atoms with van der Waals surface area (Å²) in [5.41, 5.74) is 2.67. The van der Waals surface area contributed by atoms with E-state index in [1.165, 1.54) is 41.7 Å². The van der Waals surface area contributed by atoms with E-state index in [4.69, 9.17) is 0 Å². The number of thioether (sulfide) groups is 1. The fourth-order valence-electron chi connectivity index (χ4n) is 1.90. The van der Waals surface area contributed by atoms with E-state index >= 15 is 0 Å². The predicted molar refractivity (Wildman–Crippen MR) is 69.2 cm³/mol. The number of fused-ring (bicyclic) bond motifs is 1. The molecule has 1 aliphatic rings. The second-order valence-corrected chi connectivity index (χ2v) is 5.21. The highest BCUT2D eigenvalue weighted by atomic mass is 32.2. The molecule has 0 saturated carbocycles. The summed E-state index contributed by atoms with van der Waals surface area (Å²) in [6.07, 6.45) is 2.43. The van der Waals surface area contributed by atoms with Crippen molar-refractivity contribution in [2.75, 3.05) is 19.4 Å². The number of carbonyl (C=O) groups is 1. The van der Waals surface area contributed by atoms with Crippen LogP contribution in [0.2, 0.25) is 0 Å². The van der Waals surface area contributed by atoms with Crippen LogP contribution in [0.1, 0.15) is 17.5 Å². The number of carbonyl (C=O) groups excluding carboxylic acids is 1. The Morgan fingerprint density at radius 2 is 2.41 bits per heavy atom. The molecule has 0 atom stereocenters. The Labute approximate surface area is 106 Å². The standard InChI is InChI=1S/C13H17NO2S/c1-16-13(15)9-14-8-10-4-5-12-11(7-10)3-2-6-17-12/h4-5,7,14H,2-3,6,8-9H2,1H3. The second kappa shape index (κ2) is 6.07. The summed E-state index contributed by atoms with van der Waals surface area (Å²) in [6, 6.07) is 6.56. The first-order valence-electron chi connectivity index (χ1n) is 5.82. The number of ether oxygens (including phenoxy) is 1. The number of methoxy groups -OCH3 is 1. The molecule has 1 aliphatic heterocycles. The number of aryl methyl sites for hydroxylation is 1. The van der Waals surface area contributed by atoms with Gasteiger partial charge in [-0.25, -0.2) is 0 Å². The maximum atomic E-state index is 10.9. The third-order valence-electron chi connectivity index (χ3n) is 2.80. The van der Waals surface area contributed by atoms with Crippen LogP contribution < -0.4 is 5.32 Å². The van der Waals surface area contributed by atoms with E-state index in [1.54, 1.807) is 0 Å². The van der Waals surface area contributed by atoms with E-state index in [0.29, 0.717) is 6.54 Å². The third kappa shape index (κ3) is 3.48. The van der Waals surface area contributed by atoms with E-state index in [0.717, 1.165) is 0 Å². The van der Waals surface area contributed by atoms with Crippen LogP contribution in [0.5, 0.6) is 0 Å². The number of rotatable bonds is 4. The molecule has 1 aromatic rings. The Morgan fingerprint density at radius 3 is 3.24 bits per heavy atom. The minimum atomic E-state index is -0.224. The summed E-state index contributed by atoms with van der Waals surface area (Å²) in [5.74, 6) is 1.01. The fourth-order valence-corrected chi connectivity index (χ4v) is 2.92. The van der Waals surface area contributed by atoms with Gasteiger partial charge in [0.15, 0.2) is 0 Å². The molecule has 0 aromatic heterocycles. The smallest absolute Gasteiger partial charge is 0.319 e. The van der Waals surface area contributed by atoms with Gasteiger partial charge in [0.1, 0.15) is 0 Å². The zero-order valence-corrected chi connectivity index (χ0v) is 10.8. The van der Waals surface area contributed by atoms with Gasteiger partial charge in [0, 0.05) is 11.4 Å². The number of nitrogens with one attached hydrogen (secondary N) is 1. The first-order valence-corrected chi connectivity index (χ1v) is 6.80. The third-order valence-corrected chi connectivity index (χ3v) is 4.00. The number of esters is 1. The number of hydrogen-bond acceptors (Lipinski definition) is 4. The van der Waals surface area contributed by atoms with Crippen LogP contribution in [0, 0.1) is 0 Å². The van der Waals surface area contributed by atoms with Crippen molar-refractivity contribution in [3.8, 4) is 0 Å². The summed E-state index contributed by atoms with van der Waals surface area (Å²) in [7, 11) is 1.40. The van der Waals surface area contributed by atoms with Gasteiger partial charge in [0.05, 0.1) is 13.7 Å². The van der Waals surface area contributed by atoms with E-state index in [-0.39, 0.29) is 12.5 Å². The molecule has 0 fully saturated rings. The van der Waals surface area contributed by atoms with Crippen molar-refractivity contribution in [1.82, 2.24) is 5.32 Å². The summed E-state index contributed by atoms with van der Waals surface area (Å²) in [6.45, 7) is 0.982. The minimum Gasteiger partial charge on any atom is -0.468 e. The lowest BCUT2D eigenvalue weighted by Gasteiger charge is -2.16. The van der Waals surface area contributed by atoms with Crippen molar-refractivity contribution >= 4 is 17.7 Å². The van der Waals surface area contributed by atoms with Crippen molar-refractivity contribution < 1.29 is 9.53 Å². The van der Waals surface area contributed by atoms with Crippen molar-refractivity contribution in [3.63, 3.8) is 0 Å². The quantitative estimate of drug-likeness (QED) is 0.831. The van der Waals surface area contributed by atoms with Gasteiger partial charge in [0.2, 0.25) is 0 Å². The molecule has 1 aromatic carbocycles.